The highest BCUT2D eigenvalue weighted by atomic mass is 79.9. The monoisotopic (exact) mass is 347 g/mol. The second-order valence-corrected chi connectivity index (χ2v) is 8.32. The molecule has 0 fully saturated rings. The van der Waals surface area contributed by atoms with E-state index in [-0.39, 0.29) is 10.6 Å². The Bertz CT molecular complexity index is 404. The van der Waals surface area contributed by atoms with E-state index in [1.807, 2.05) is 11.8 Å². The Morgan fingerprint density at radius 2 is 2.05 bits per heavy atom. The molecule has 1 aromatic carbocycles. The molecule has 0 aromatic heterocycles. The van der Waals surface area contributed by atoms with Crippen LogP contribution in [0.3, 0.4) is 0 Å². The van der Waals surface area contributed by atoms with Crippen LogP contribution >= 0.6 is 27.7 Å². The van der Waals surface area contributed by atoms with E-state index < -0.39 is 0 Å². The van der Waals surface area contributed by atoms with E-state index in [4.69, 9.17) is 0 Å². The van der Waals surface area contributed by atoms with Crippen LogP contribution in [-0.2, 0) is 6.42 Å². The molecule has 0 saturated heterocycles. The highest BCUT2D eigenvalue weighted by Gasteiger charge is 2.16. The predicted molar refractivity (Wildman–Crippen MR) is 87.5 cm³/mol. The fourth-order valence-electron chi connectivity index (χ4n) is 1.79. The van der Waals surface area contributed by atoms with Gasteiger partial charge in [-0.25, -0.2) is 4.39 Å². The summed E-state index contributed by atoms with van der Waals surface area (Å²) in [5, 5.41) is 3.49. The molecule has 0 heterocycles. The number of thioether (sulfide) groups is 1. The number of halogens is 2. The minimum Gasteiger partial charge on any atom is -0.313 e. The van der Waals surface area contributed by atoms with Crippen LogP contribution in [0.25, 0.3) is 0 Å². The lowest BCUT2D eigenvalue weighted by atomic mass is 10.1. The first kappa shape index (κ1) is 17.0. The van der Waals surface area contributed by atoms with E-state index in [1.165, 1.54) is 6.07 Å². The molecular weight excluding hydrogens is 325 g/mol. The average Bonchev–Trinajstić information content (AvgIpc) is 2.30. The molecule has 0 aliphatic rings. The van der Waals surface area contributed by atoms with Crippen molar-refractivity contribution in [1.29, 1.82) is 0 Å². The molecule has 19 heavy (non-hydrogen) atoms. The van der Waals surface area contributed by atoms with Crippen molar-refractivity contribution in [2.75, 3.05) is 12.3 Å². The Balaban J connectivity index is 2.69. The summed E-state index contributed by atoms with van der Waals surface area (Å²) in [7, 11) is 0. The quantitative estimate of drug-likeness (QED) is 0.804. The SMILES string of the molecule is CCNC(CSC(C)(C)C)Cc1cc(F)ccc1Br. The number of likely N-dealkylation sites (N-methyl/N-ethyl adjacent to an activating group) is 1. The maximum atomic E-state index is 13.3. The molecular formula is C15H23BrFNS. The normalized spacial score (nSPS) is 13.6. The highest BCUT2D eigenvalue weighted by Crippen LogP contribution is 2.26. The first-order valence-corrected chi connectivity index (χ1v) is 8.41. The summed E-state index contributed by atoms with van der Waals surface area (Å²) in [5.74, 6) is 0.859. The van der Waals surface area contributed by atoms with Crippen LogP contribution in [0.15, 0.2) is 22.7 Å². The average molecular weight is 348 g/mol. The maximum Gasteiger partial charge on any atom is 0.123 e. The lowest BCUT2D eigenvalue weighted by Crippen LogP contribution is -2.34. The minimum atomic E-state index is -0.170. The van der Waals surface area contributed by atoms with Gasteiger partial charge in [0.05, 0.1) is 0 Å². The van der Waals surface area contributed by atoms with Crippen molar-refractivity contribution in [3.8, 4) is 0 Å². The van der Waals surface area contributed by atoms with Crippen molar-refractivity contribution in [2.45, 2.75) is 44.9 Å². The highest BCUT2D eigenvalue weighted by molar-refractivity contribution is 9.10. The molecule has 1 atom stereocenters. The second kappa shape index (κ2) is 7.65. The summed E-state index contributed by atoms with van der Waals surface area (Å²) in [4.78, 5) is 0. The van der Waals surface area contributed by atoms with E-state index in [1.54, 1.807) is 12.1 Å². The van der Waals surface area contributed by atoms with Gasteiger partial charge in [0.1, 0.15) is 5.82 Å². The van der Waals surface area contributed by atoms with E-state index >= 15 is 0 Å². The van der Waals surface area contributed by atoms with E-state index in [9.17, 15) is 4.39 Å². The summed E-state index contributed by atoms with van der Waals surface area (Å²) in [6.45, 7) is 9.70. The van der Waals surface area contributed by atoms with Gasteiger partial charge >= 0.3 is 0 Å². The van der Waals surface area contributed by atoms with Crippen LogP contribution in [-0.4, -0.2) is 23.1 Å². The molecule has 1 aromatic rings. The lowest BCUT2D eigenvalue weighted by molar-refractivity contribution is 0.565. The number of hydrogen-bond acceptors (Lipinski definition) is 2. The molecule has 0 radical (unpaired) electrons. The number of nitrogens with one attached hydrogen (secondary N) is 1. The maximum absolute atomic E-state index is 13.3. The van der Waals surface area contributed by atoms with Crippen molar-refractivity contribution in [1.82, 2.24) is 5.32 Å². The molecule has 1 rings (SSSR count). The zero-order chi connectivity index (χ0) is 14.5. The van der Waals surface area contributed by atoms with Crippen molar-refractivity contribution in [3.05, 3.63) is 34.1 Å². The van der Waals surface area contributed by atoms with Gasteiger partial charge in [-0.3, -0.25) is 0 Å². The molecule has 0 bridgehead atoms. The minimum absolute atomic E-state index is 0.170. The van der Waals surface area contributed by atoms with Crippen LogP contribution in [0.5, 0.6) is 0 Å². The molecule has 0 aliphatic carbocycles. The standard InChI is InChI=1S/C15H23BrFNS/c1-5-18-13(10-19-15(2,3)4)9-11-8-12(17)6-7-14(11)16/h6-8,13,18H,5,9-10H2,1-4H3. The van der Waals surface area contributed by atoms with E-state index in [2.05, 4.69) is 48.9 Å². The van der Waals surface area contributed by atoms with Gasteiger partial charge in [0.15, 0.2) is 0 Å². The first-order chi connectivity index (χ1) is 8.81. The van der Waals surface area contributed by atoms with Crippen molar-refractivity contribution >= 4 is 27.7 Å². The summed E-state index contributed by atoms with van der Waals surface area (Å²) < 4.78 is 14.6. The Morgan fingerprint density at radius 3 is 2.63 bits per heavy atom. The van der Waals surface area contributed by atoms with Gasteiger partial charge in [-0.1, -0.05) is 43.6 Å². The number of hydrogen-bond donors (Lipinski definition) is 1. The smallest absolute Gasteiger partial charge is 0.123 e. The Labute approximate surface area is 128 Å². The third-order valence-electron chi connectivity index (χ3n) is 2.68. The topological polar surface area (TPSA) is 12.0 Å². The third-order valence-corrected chi connectivity index (χ3v) is 4.89. The fraction of sp³-hybridized carbons (Fsp3) is 0.600. The number of rotatable bonds is 6. The summed E-state index contributed by atoms with van der Waals surface area (Å²) in [6.07, 6.45) is 0.843. The Morgan fingerprint density at radius 1 is 1.37 bits per heavy atom. The second-order valence-electron chi connectivity index (χ2n) is 5.62. The van der Waals surface area contributed by atoms with Gasteiger partial charge in [0, 0.05) is 21.0 Å². The third kappa shape index (κ3) is 6.77. The number of benzene rings is 1. The first-order valence-electron chi connectivity index (χ1n) is 6.63. The zero-order valence-electron chi connectivity index (χ0n) is 12.1. The van der Waals surface area contributed by atoms with Gasteiger partial charge < -0.3 is 5.32 Å². The van der Waals surface area contributed by atoms with E-state index in [0.29, 0.717) is 6.04 Å². The van der Waals surface area contributed by atoms with Gasteiger partial charge in [0.25, 0.3) is 0 Å². The van der Waals surface area contributed by atoms with Crippen molar-refractivity contribution in [2.24, 2.45) is 0 Å². The Kier molecular flexibility index (Phi) is 6.84. The molecule has 108 valence electrons. The molecule has 0 spiro atoms. The van der Waals surface area contributed by atoms with Crippen molar-refractivity contribution in [3.63, 3.8) is 0 Å². The zero-order valence-corrected chi connectivity index (χ0v) is 14.5. The molecule has 0 aliphatic heterocycles. The van der Waals surface area contributed by atoms with Gasteiger partial charge in [0.2, 0.25) is 0 Å². The van der Waals surface area contributed by atoms with Crippen molar-refractivity contribution < 1.29 is 4.39 Å². The molecule has 0 amide bonds. The van der Waals surface area contributed by atoms with E-state index in [0.717, 1.165) is 28.8 Å². The van der Waals surface area contributed by atoms with Crippen LogP contribution in [0.4, 0.5) is 4.39 Å². The van der Waals surface area contributed by atoms with Crippen LogP contribution in [0.1, 0.15) is 33.3 Å². The summed E-state index contributed by atoms with van der Waals surface area (Å²) in [6, 6.07) is 5.26. The van der Waals surface area contributed by atoms with Gasteiger partial charge in [-0.05, 0) is 36.7 Å². The predicted octanol–water partition coefficient (Wildman–Crippen LogP) is 4.64. The van der Waals surface area contributed by atoms with Gasteiger partial charge in [-0.15, -0.1) is 0 Å². The molecule has 4 heteroatoms. The molecule has 0 saturated carbocycles. The van der Waals surface area contributed by atoms with Crippen LogP contribution < -0.4 is 5.32 Å². The van der Waals surface area contributed by atoms with Crippen LogP contribution in [0, 0.1) is 5.82 Å². The molecule has 1 nitrogen and oxygen atoms in total. The fourth-order valence-corrected chi connectivity index (χ4v) is 3.14. The summed E-state index contributed by atoms with van der Waals surface area (Å²) in [5.41, 5.74) is 1.03. The lowest BCUT2D eigenvalue weighted by Gasteiger charge is -2.24. The largest absolute Gasteiger partial charge is 0.313 e. The molecule has 1 N–H and O–H groups in total. The van der Waals surface area contributed by atoms with Gasteiger partial charge in [-0.2, -0.15) is 11.8 Å². The summed E-state index contributed by atoms with van der Waals surface area (Å²) >= 11 is 5.44. The molecule has 1 unspecified atom stereocenters. The van der Waals surface area contributed by atoms with Crippen LogP contribution in [0.2, 0.25) is 0 Å². The Hall–Kier alpha value is -0.0600.